The van der Waals surface area contributed by atoms with Crippen LogP contribution in [0.1, 0.15) is 5.56 Å². The number of hydrogen-bond acceptors (Lipinski definition) is 4. The Hall–Kier alpha value is -1.49. The molecule has 88 valence electrons. The number of benzene rings is 1. The largest absolute Gasteiger partial charge is 0.468 e. The Morgan fingerprint density at radius 3 is 2.76 bits per heavy atom. The van der Waals surface area contributed by atoms with Gasteiger partial charge >= 0.3 is 5.97 Å². The summed E-state index contributed by atoms with van der Waals surface area (Å²) in [5, 5.41) is 0. The maximum atomic E-state index is 11.3. The first kappa shape index (κ1) is 12.0. The minimum absolute atomic E-state index is 0.274. The summed E-state index contributed by atoms with van der Waals surface area (Å²) >= 11 is 3.29. The summed E-state index contributed by atoms with van der Waals surface area (Å²) in [6.07, 6.45) is 3.88. The van der Waals surface area contributed by atoms with Crippen molar-refractivity contribution in [2.24, 2.45) is 0 Å². The fourth-order valence-corrected chi connectivity index (χ4v) is 2.11. The van der Waals surface area contributed by atoms with Crippen molar-refractivity contribution < 1.29 is 9.53 Å². The van der Waals surface area contributed by atoms with Crippen molar-refractivity contribution in [1.29, 1.82) is 0 Å². The molecule has 0 amide bonds. The number of rotatable bonds is 3. The van der Waals surface area contributed by atoms with Crippen molar-refractivity contribution in [2.45, 2.75) is 11.2 Å². The van der Waals surface area contributed by atoms with Gasteiger partial charge in [-0.3, -0.25) is 14.8 Å². The van der Waals surface area contributed by atoms with Crippen LogP contribution in [0.5, 0.6) is 0 Å². The molecule has 17 heavy (non-hydrogen) atoms. The normalized spacial score (nSPS) is 12.4. The third kappa shape index (κ3) is 2.79. The third-order valence-corrected chi connectivity index (χ3v) is 3.10. The summed E-state index contributed by atoms with van der Waals surface area (Å²) in [6, 6.07) is 5.77. The van der Waals surface area contributed by atoms with Gasteiger partial charge in [-0.15, -0.1) is 0 Å². The van der Waals surface area contributed by atoms with Crippen molar-refractivity contribution >= 4 is 32.9 Å². The lowest BCUT2D eigenvalue weighted by Crippen LogP contribution is -2.18. The lowest BCUT2D eigenvalue weighted by Gasteiger charge is -2.07. The van der Waals surface area contributed by atoms with Crippen molar-refractivity contribution in [3.63, 3.8) is 0 Å². The maximum Gasteiger partial charge on any atom is 0.319 e. The molecule has 0 fully saturated rings. The Morgan fingerprint density at radius 2 is 2.06 bits per heavy atom. The van der Waals surface area contributed by atoms with Gasteiger partial charge in [0.05, 0.1) is 18.1 Å². The molecule has 1 aromatic heterocycles. The van der Waals surface area contributed by atoms with Crippen LogP contribution in [0.2, 0.25) is 0 Å². The molecule has 0 saturated heterocycles. The van der Waals surface area contributed by atoms with Gasteiger partial charge in [0.1, 0.15) is 4.83 Å². The SMILES string of the molecule is COC(=O)C(Br)Cc1ccc2nccnc2c1. The monoisotopic (exact) mass is 294 g/mol. The minimum atomic E-state index is -0.332. The molecule has 0 aliphatic rings. The van der Waals surface area contributed by atoms with Crippen LogP contribution in [0.25, 0.3) is 11.0 Å². The smallest absolute Gasteiger partial charge is 0.319 e. The van der Waals surface area contributed by atoms with Crippen LogP contribution in [0.4, 0.5) is 0 Å². The van der Waals surface area contributed by atoms with Gasteiger partial charge in [-0.2, -0.15) is 0 Å². The summed E-state index contributed by atoms with van der Waals surface area (Å²) in [4.78, 5) is 19.4. The average molecular weight is 295 g/mol. The quantitative estimate of drug-likeness (QED) is 0.643. The Balaban J connectivity index is 2.22. The summed E-state index contributed by atoms with van der Waals surface area (Å²) in [6.45, 7) is 0. The minimum Gasteiger partial charge on any atom is -0.468 e. The van der Waals surface area contributed by atoms with Crippen LogP contribution < -0.4 is 0 Å². The Morgan fingerprint density at radius 1 is 1.35 bits per heavy atom. The summed E-state index contributed by atoms with van der Waals surface area (Å²) in [5.74, 6) is -0.274. The molecule has 4 nitrogen and oxygen atoms in total. The van der Waals surface area contributed by atoms with Crippen LogP contribution >= 0.6 is 15.9 Å². The van der Waals surface area contributed by atoms with E-state index in [4.69, 9.17) is 0 Å². The fourth-order valence-electron chi connectivity index (χ4n) is 1.55. The van der Waals surface area contributed by atoms with Gasteiger partial charge in [0.25, 0.3) is 0 Å². The average Bonchev–Trinajstić information content (AvgIpc) is 2.37. The van der Waals surface area contributed by atoms with E-state index in [-0.39, 0.29) is 10.8 Å². The molecule has 1 aromatic carbocycles. The zero-order valence-electron chi connectivity index (χ0n) is 9.26. The zero-order chi connectivity index (χ0) is 12.3. The van der Waals surface area contributed by atoms with E-state index in [0.717, 1.165) is 16.6 Å². The van der Waals surface area contributed by atoms with Crippen molar-refractivity contribution in [2.75, 3.05) is 7.11 Å². The molecule has 0 aliphatic heterocycles. The molecular weight excluding hydrogens is 284 g/mol. The highest BCUT2D eigenvalue weighted by molar-refractivity contribution is 9.10. The van der Waals surface area contributed by atoms with Gasteiger partial charge in [0.2, 0.25) is 0 Å². The molecule has 5 heteroatoms. The number of fused-ring (bicyclic) bond motifs is 1. The number of nitrogens with zero attached hydrogens (tertiary/aromatic N) is 2. The summed E-state index contributed by atoms with van der Waals surface area (Å²) in [7, 11) is 1.38. The van der Waals surface area contributed by atoms with Gasteiger partial charge in [0, 0.05) is 12.4 Å². The van der Waals surface area contributed by atoms with Crippen LogP contribution in [0.15, 0.2) is 30.6 Å². The Bertz CT molecular complexity index is 545. The summed E-state index contributed by atoms with van der Waals surface area (Å²) < 4.78 is 4.66. The maximum absolute atomic E-state index is 11.3. The predicted molar refractivity (Wildman–Crippen MR) is 68.0 cm³/mol. The van der Waals surface area contributed by atoms with Gasteiger partial charge in [-0.05, 0) is 24.1 Å². The molecule has 1 unspecified atom stereocenters. The van der Waals surface area contributed by atoms with Gasteiger partial charge in [0.15, 0.2) is 0 Å². The zero-order valence-corrected chi connectivity index (χ0v) is 10.8. The second-order valence-corrected chi connectivity index (χ2v) is 4.68. The second kappa shape index (κ2) is 5.23. The van der Waals surface area contributed by atoms with E-state index >= 15 is 0 Å². The highest BCUT2D eigenvalue weighted by atomic mass is 79.9. The van der Waals surface area contributed by atoms with E-state index in [9.17, 15) is 4.79 Å². The van der Waals surface area contributed by atoms with Gasteiger partial charge in [-0.25, -0.2) is 0 Å². The number of carbonyl (C=O) groups is 1. The Labute approximate surface area is 107 Å². The van der Waals surface area contributed by atoms with E-state index in [1.807, 2.05) is 18.2 Å². The Kier molecular flexibility index (Phi) is 3.68. The van der Waals surface area contributed by atoms with Crippen molar-refractivity contribution in [3.8, 4) is 0 Å². The number of hydrogen-bond donors (Lipinski definition) is 0. The predicted octanol–water partition coefficient (Wildman–Crippen LogP) is 2.11. The molecule has 0 bridgehead atoms. The number of alkyl halides is 1. The molecule has 0 saturated carbocycles. The number of ether oxygens (including phenoxy) is 1. The standard InChI is InChI=1S/C12H11BrN2O2/c1-17-12(16)9(13)6-8-2-3-10-11(7-8)15-5-4-14-10/h2-5,7,9H,6H2,1H3. The number of esters is 1. The first-order valence-electron chi connectivity index (χ1n) is 5.12. The van der Waals surface area contributed by atoms with Crippen molar-refractivity contribution in [1.82, 2.24) is 9.97 Å². The lowest BCUT2D eigenvalue weighted by molar-refractivity contribution is -0.139. The second-order valence-electron chi connectivity index (χ2n) is 3.57. The topological polar surface area (TPSA) is 52.1 Å². The molecule has 2 rings (SSSR count). The van der Waals surface area contributed by atoms with Crippen LogP contribution in [0.3, 0.4) is 0 Å². The first-order valence-corrected chi connectivity index (χ1v) is 6.04. The number of carbonyl (C=O) groups excluding carboxylic acids is 1. The first-order chi connectivity index (χ1) is 8.20. The molecule has 0 radical (unpaired) electrons. The third-order valence-electron chi connectivity index (χ3n) is 2.41. The molecule has 2 aromatic rings. The fraction of sp³-hybridized carbons (Fsp3) is 0.250. The van der Waals surface area contributed by atoms with Crippen LogP contribution in [-0.4, -0.2) is 27.9 Å². The van der Waals surface area contributed by atoms with Gasteiger partial charge < -0.3 is 4.74 Å². The van der Waals surface area contributed by atoms with E-state index in [0.29, 0.717) is 6.42 Å². The molecular formula is C12H11BrN2O2. The van der Waals surface area contributed by atoms with E-state index in [1.165, 1.54) is 7.11 Å². The highest BCUT2D eigenvalue weighted by Gasteiger charge is 2.15. The van der Waals surface area contributed by atoms with Crippen molar-refractivity contribution in [3.05, 3.63) is 36.2 Å². The molecule has 0 N–H and O–H groups in total. The number of aromatic nitrogens is 2. The molecule has 1 atom stereocenters. The van der Waals surface area contributed by atoms with Crippen LogP contribution in [-0.2, 0) is 16.0 Å². The summed E-state index contributed by atoms with van der Waals surface area (Å²) in [5.41, 5.74) is 2.69. The van der Waals surface area contributed by atoms with E-state index < -0.39 is 0 Å². The number of methoxy groups -OCH3 is 1. The van der Waals surface area contributed by atoms with E-state index in [2.05, 4.69) is 30.6 Å². The molecule has 1 heterocycles. The highest BCUT2D eigenvalue weighted by Crippen LogP contribution is 2.15. The number of halogens is 1. The lowest BCUT2D eigenvalue weighted by atomic mass is 10.1. The van der Waals surface area contributed by atoms with Gasteiger partial charge in [-0.1, -0.05) is 22.0 Å². The molecule has 0 aliphatic carbocycles. The van der Waals surface area contributed by atoms with Crippen LogP contribution in [0, 0.1) is 0 Å². The van der Waals surface area contributed by atoms with E-state index in [1.54, 1.807) is 12.4 Å². The molecule has 0 spiro atoms.